The molecule has 0 radical (unpaired) electrons. The van der Waals surface area contributed by atoms with E-state index in [1.165, 1.54) is 16.4 Å². The maximum Gasteiger partial charge on any atom is 0.243 e. The van der Waals surface area contributed by atoms with Crippen LogP contribution in [0.25, 0.3) is 0 Å². The molecule has 1 aromatic rings. The number of halogens is 1. The molecule has 104 valence electrons. The van der Waals surface area contributed by atoms with Crippen LogP contribution >= 0.6 is 12.4 Å². The van der Waals surface area contributed by atoms with Gasteiger partial charge in [0.1, 0.15) is 0 Å². The first-order valence-corrected chi connectivity index (χ1v) is 7.25. The van der Waals surface area contributed by atoms with Gasteiger partial charge in [0, 0.05) is 19.1 Å². The number of nitriles is 1. The second-order valence-corrected chi connectivity index (χ2v) is 6.18. The number of hydrogen-bond acceptors (Lipinski definition) is 4. The van der Waals surface area contributed by atoms with Gasteiger partial charge >= 0.3 is 0 Å². The van der Waals surface area contributed by atoms with Gasteiger partial charge in [-0.05, 0) is 31.0 Å². The van der Waals surface area contributed by atoms with Gasteiger partial charge in [0.15, 0.2) is 0 Å². The van der Waals surface area contributed by atoms with Gasteiger partial charge in [-0.25, -0.2) is 8.42 Å². The zero-order chi connectivity index (χ0) is 13.2. The Labute approximate surface area is 119 Å². The Morgan fingerprint density at radius 2 is 2.21 bits per heavy atom. The first-order valence-electron chi connectivity index (χ1n) is 5.81. The van der Waals surface area contributed by atoms with Crippen molar-refractivity contribution in [3.8, 4) is 6.07 Å². The van der Waals surface area contributed by atoms with Gasteiger partial charge in [-0.3, -0.25) is 0 Å². The largest absolute Gasteiger partial charge is 0.329 e. The van der Waals surface area contributed by atoms with Crippen LogP contribution in [0.2, 0.25) is 0 Å². The van der Waals surface area contributed by atoms with Gasteiger partial charge in [-0.15, -0.1) is 12.4 Å². The highest BCUT2D eigenvalue weighted by atomic mass is 35.5. The van der Waals surface area contributed by atoms with Crippen LogP contribution in [0, 0.1) is 11.3 Å². The van der Waals surface area contributed by atoms with E-state index < -0.39 is 10.0 Å². The first kappa shape index (κ1) is 15.9. The van der Waals surface area contributed by atoms with Gasteiger partial charge in [0.05, 0.1) is 16.5 Å². The average molecular weight is 302 g/mol. The quantitative estimate of drug-likeness (QED) is 0.905. The monoisotopic (exact) mass is 301 g/mol. The second-order valence-electron chi connectivity index (χ2n) is 4.29. The van der Waals surface area contributed by atoms with Crippen LogP contribution in [0.3, 0.4) is 0 Å². The fourth-order valence-electron chi connectivity index (χ4n) is 2.22. The molecular formula is C12H16ClN3O2S. The third kappa shape index (κ3) is 3.07. The van der Waals surface area contributed by atoms with Crippen molar-refractivity contribution in [2.24, 2.45) is 5.73 Å². The Bertz CT molecular complexity index is 583. The Hall–Kier alpha value is -1.13. The minimum absolute atomic E-state index is 0. The molecule has 2 rings (SSSR count). The molecular weight excluding hydrogens is 286 g/mol. The van der Waals surface area contributed by atoms with Crippen molar-refractivity contribution < 1.29 is 8.42 Å². The SMILES string of the molecule is Cl.N#Cc1cccc(S(=O)(=O)N2CCCC2CN)c1. The van der Waals surface area contributed by atoms with E-state index in [1.54, 1.807) is 12.1 Å². The van der Waals surface area contributed by atoms with Gasteiger partial charge in [0.25, 0.3) is 0 Å². The summed E-state index contributed by atoms with van der Waals surface area (Å²) in [4.78, 5) is 0.168. The van der Waals surface area contributed by atoms with Crippen molar-refractivity contribution in [3.63, 3.8) is 0 Å². The van der Waals surface area contributed by atoms with Crippen molar-refractivity contribution in [3.05, 3.63) is 29.8 Å². The van der Waals surface area contributed by atoms with Crippen LogP contribution in [-0.4, -0.2) is 31.9 Å². The van der Waals surface area contributed by atoms with Crippen LogP contribution in [0.1, 0.15) is 18.4 Å². The van der Waals surface area contributed by atoms with Gasteiger partial charge < -0.3 is 5.73 Å². The molecule has 5 nitrogen and oxygen atoms in total. The molecule has 1 unspecified atom stereocenters. The second kappa shape index (κ2) is 6.35. The number of benzene rings is 1. The molecule has 0 aliphatic carbocycles. The maximum atomic E-state index is 12.4. The highest BCUT2D eigenvalue weighted by Gasteiger charge is 2.34. The van der Waals surface area contributed by atoms with E-state index >= 15 is 0 Å². The minimum atomic E-state index is -3.53. The van der Waals surface area contributed by atoms with E-state index in [1.807, 2.05) is 6.07 Å². The van der Waals surface area contributed by atoms with Crippen LogP contribution in [0.5, 0.6) is 0 Å². The predicted octanol–water partition coefficient (Wildman–Crippen LogP) is 1.09. The van der Waals surface area contributed by atoms with E-state index in [2.05, 4.69) is 0 Å². The lowest BCUT2D eigenvalue weighted by Crippen LogP contribution is -2.39. The Morgan fingerprint density at radius 1 is 1.47 bits per heavy atom. The molecule has 1 fully saturated rings. The van der Waals surface area contributed by atoms with Crippen LogP contribution in [0.4, 0.5) is 0 Å². The number of nitrogens with zero attached hydrogens (tertiary/aromatic N) is 2. The molecule has 1 aliphatic heterocycles. The Kier molecular flexibility index (Phi) is 5.32. The molecule has 0 saturated carbocycles. The fraction of sp³-hybridized carbons (Fsp3) is 0.417. The topological polar surface area (TPSA) is 87.2 Å². The third-order valence-electron chi connectivity index (χ3n) is 3.16. The molecule has 19 heavy (non-hydrogen) atoms. The summed E-state index contributed by atoms with van der Waals surface area (Å²) in [5, 5.41) is 8.81. The highest BCUT2D eigenvalue weighted by Crippen LogP contribution is 2.25. The lowest BCUT2D eigenvalue weighted by molar-refractivity contribution is 0.393. The molecule has 7 heteroatoms. The van der Waals surface area contributed by atoms with E-state index in [4.69, 9.17) is 11.0 Å². The zero-order valence-electron chi connectivity index (χ0n) is 10.3. The summed E-state index contributed by atoms with van der Waals surface area (Å²) in [6.07, 6.45) is 1.63. The Balaban J connectivity index is 0.00000180. The number of sulfonamides is 1. The van der Waals surface area contributed by atoms with Crippen molar-refractivity contribution in [2.75, 3.05) is 13.1 Å². The highest BCUT2D eigenvalue weighted by molar-refractivity contribution is 7.89. The molecule has 0 spiro atoms. The lowest BCUT2D eigenvalue weighted by Gasteiger charge is -2.22. The molecule has 1 heterocycles. The van der Waals surface area contributed by atoms with Crippen molar-refractivity contribution >= 4 is 22.4 Å². The zero-order valence-corrected chi connectivity index (χ0v) is 12.0. The third-order valence-corrected chi connectivity index (χ3v) is 5.11. The summed E-state index contributed by atoms with van der Waals surface area (Å²) in [5.74, 6) is 0. The lowest BCUT2D eigenvalue weighted by atomic mass is 10.2. The normalized spacial score (nSPS) is 19.7. The van der Waals surface area contributed by atoms with Crippen molar-refractivity contribution in [1.29, 1.82) is 5.26 Å². The van der Waals surface area contributed by atoms with Crippen LogP contribution < -0.4 is 5.73 Å². The molecule has 0 bridgehead atoms. The summed E-state index contributed by atoms with van der Waals surface area (Å²) in [5.41, 5.74) is 5.94. The van der Waals surface area contributed by atoms with E-state index in [0.717, 1.165) is 12.8 Å². The molecule has 1 aliphatic rings. The van der Waals surface area contributed by atoms with Gasteiger partial charge in [-0.2, -0.15) is 9.57 Å². The maximum absolute atomic E-state index is 12.4. The molecule has 0 amide bonds. The van der Waals surface area contributed by atoms with Crippen molar-refractivity contribution in [2.45, 2.75) is 23.8 Å². The summed E-state index contributed by atoms with van der Waals surface area (Å²) in [7, 11) is -3.53. The number of rotatable bonds is 3. The smallest absolute Gasteiger partial charge is 0.243 e. The minimum Gasteiger partial charge on any atom is -0.329 e. The summed E-state index contributed by atoms with van der Waals surface area (Å²) >= 11 is 0. The van der Waals surface area contributed by atoms with E-state index in [0.29, 0.717) is 18.7 Å². The van der Waals surface area contributed by atoms with E-state index in [9.17, 15) is 8.42 Å². The molecule has 1 saturated heterocycles. The summed E-state index contributed by atoms with van der Waals surface area (Å²) < 4.78 is 26.3. The van der Waals surface area contributed by atoms with E-state index in [-0.39, 0.29) is 23.3 Å². The molecule has 0 aromatic heterocycles. The molecule has 1 atom stereocenters. The van der Waals surface area contributed by atoms with Crippen LogP contribution in [-0.2, 0) is 10.0 Å². The first-order chi connectivity index (χ1) is 8.59. The molecule has 2 N–H and O–H groups in total. The van der Waals surface area contributed by atoms with Gasteiger partial charge in [-0.1, -0.05) is 6.07 Å². The van der Waals surface area contributed by atoms with Crippen LogP contribution in [0.15, 0.2) is 29.2 Å². The average Bonchev–Trinajstić information content (AvgIpc) is 2.88. The fourth-order valence-corrected chi connectivity index (χ4v) is 3.97. The van der Waals surface area contributed by atoms with Gasteiger partial charge in [0.2, 0.25) is 10.0 Å². The number of hydrogen-bond donors (Lipinski definition) is 1. The molecule has 1 aromatic carbocycles. The number of nitrogens with two attached hydrogens (primary N) is 1. The predicted molar refractivity (Wildman–Crippen MR) is 74.4 cm³/mol. The Morgan fingerprint density at radius 3 is 2.84 bits per heavy atom. The van der Waals surface area contributed by atoms with Crippen molar-refractivity contribution in [1.82, 2.24) is 4.31 Å². The summed E-state index contributed by atoms with van der Waals surface area (Å²) in [6.45, 7) is 0.831. The summed E-state index contributed by atoms with van der Waals surface area (Å²) in [6, 6.07) is 7.91. The standard InChI is InChI=1S/C12H15N3O2S.ClH/c13-8-10-3-1-5-12(7-10)18(16,17)15-6-2-4-11(15)9-14;/h1,3,5,7,11H,2,4,6,9,14H2;1H.